The van der Waals surface area contributed by atoms with Crippen molar-refractivity contribution in [1.29, 1.82) is 0 Å². The van der Waals surface area contributed by atoms with Crippen molar-refractivity contribution >= 4 is 37.2 Å². The fourth-order valence-corrected chi connectivity index (χ4v) is 16.8. The number of rotatable bonds is 4. The van der Waals surface area contributed by atoms with Gasteiger partial charge in [-0.25, -0.2) is 0 Å². The van der Waals surface area contributed by atoms with Crippen molar-refractivity contribution in [3.63, 3.8) is 0 Å². The van der Waals surface area contributed by atoms with Gasteiger partial charge in [-0.15, -0.1) is 19.7 Å². The van der Waals surface area contributed by atoms with Crippen molar-refractivity contribution in [2.24, 2.45) is 0 Å². The average molecular weight is 285 g/mol. The second-order valence-corrected chi connectivity index (χ2v) is 14.7. The molecule has 0 saturated carbocycles. The average Bonchev–Trinajstić information content (AvgIpc) is 2.30. The second kappa shape index (κ2) is 6.29. The molecule has 0 aromatic rings. The predicted molar refractivity (Wildman–Crippen MR) is 82.0 cm³/mol. The molecule has 1 heterocycles. The minimum Gasteiger partial charge on any atom is -0.401 e. The Morgan fingerprint density at radius 1 is 1.12 bits per heavy atom. The first kappa shape index (κ1) is 13.6. The summed E-state index contributed by atoms with van der Waals surface area (Å²) in [6.07, 6.45) is 1.92. The SMILES string of the molecule is C=CN1[SiH](C=C)N[SiH2]N[SiH2]N[Si]1(C=C)C=C. The lowest BCUT2D eigenvalue weighted by Crippen LogP contribution is -2.73. The van der Waals surface area contributed by atoms with Gasteiger partial charge in [-0.3, -0.25) is 0 Å². The molecule has 0 radical (unpaired) electrons. The maximum atomic E-state index is 3.97. The Morgan fingerprint density at radius 3 is 2.31 bits per heavy atom. The summed E-state index contributed by atoms with van der Waals surface area (Å²) in [6, 6.07) is 0. The van der Waals surface area contributed by atoms with Crippen LogP contribution >= 0.6 is 0 Å². The van der Waals surface area contributed by atoms with Crippen LogP contribution < -0.4 is 13.9 Å². The minimum absolute atomic E-state index is 0.358. The van der Waals surface area contributed by atoms with Crippen LogP contribution in [0.5, 0.6) is 0 Å². The summed E-state index contributed by atoms with van der Waals surface area (Å²) in [6.45, 7) is 15.8. The summed E-state index contributed by atoms with van der Waals surface area (Å²) in [5.41, 5.74) is 6.09. The first-order valence-electron chi connectivity index (χ1n) is 5.24. The van der Waals surface area contributed by atoms with Crippen LogP contribution in [0, 0.1) is 0 Å². The van der Waals surface area contributed by atoms with Gasteiger partial charge in [0.15, 0.2) is 19.7 Å². The highest BCUT2D eigenvalue weighted by Gasteiger charge is 2.36. The Bertz CT molecular complexity index is 288. The van der Waals surface area contributed by atoms with Crippen LogP contribution in [-0.2, 0) is 0 Å². The monoisotopic (exact) mass is 284 g/mol. The molecule has 0 spiro atoms. The fourth-order valence-electron chi connectivity index (χ4n) is 1.76. The van der Waals surface area contributed by atoms with E-state index in [0.29, 0.717) is 0 Å². The van der Waals surface area contributed by atoms with Gasteiger partial charge < -0.3 is 18.2 Å². The Kier molecular flexibility index (Phi) is 5.34. The normalized spacial score (nSPS) is 28.0. The largest absolute Gasteiger partial charge is 0.401 e. The molecular weight excluding hydrogens is 264 g/mol. The highest BCUT2D eigenvalue weighted by Crippen LogP contribution is 2.12. The molecule has 0 aromatic heterocycles. The summed E-state index contributed by atoms with van der Waals surface area (Å²) < 4.78 is 13.2. The van der Waals surface area contributed by atoms with Gasteiger partial charge in [-0.05, 0) is 6.20 Å². The van der Waals surface area contributed by atoms with E-state index in [1.165, 1.54) is 0 Å². The highest BCUT2D eigenvalue weighted by molar-refractivity contribution is 6.96. The molecule has 88 valence electrons. The van der Waals surface area contributed by atoms with Crippen molar-refractivity contribution in [2.75, 3.05) is 0 Å². The van der Waals surface area contributed by atoms with E-state index in [1.54, 1.807) is 0 Å². The van der Waals surface area contributed by atoms with Crippen molar-refractivity contribution in [3.8, 4) is 0 Å². The molecule has 16 heavy (non-hydrogen) atoms. The van der Waals surface area contributed by atoms with Crippen molar-refractivity contribution < 1.29 is 0 Å². The van der Waals surface area contributed by atoms with E-state index in [2.05, 4.69) is 44.5 Å². The van der Waals surface area contributed by atoms with E-state index in [1.807, 2.05) is 23.3 Å². The van der Waals surface area contributed by atoms with E-state index < -0.39 is 27.4 Å². The lowest BCUT2D eigenvalue weighted by molar-refractivity contribution is 0.840. The van der Waals surface area contributed by atoms with E-state index in [-0.39, 0.29) is 9.84 Å². The van der Waals surface area contributed by atoms with E-state index in [4.69, 9.17) is 0 Å². The van der Waals surface area contributed by atoms with Crippen LogP contribution in [0.3, 0.4) is 0 Å². The minimum atomic E-state index is -1.98. The molecule has 1 saturated heterocycles. The molecule has 1 rings (SSSR count). The lowest BCUT2D eigenvalue weighted by atomic mass is 11.1. The Balaban J connectivity index is 3.07. The first-order chi connectivity index (χ1) is 7.74. The molecule has 0 aromatic carbocycles. The van der Waals surface area contributed by atoms with Gasteiger partial charge in [-0.1, -0.05) is 23.7 Å². The van der Waals surface area contributed by atoms with Gasteiger partial charge in [0.1, 0.15) is 0 Å². The van der Waals surface area contributed by atoms with E-state index in [0.717, 1.165) is 0 Å². The number of nitrogens with one attached hydrogen (secondary N) is 3. The zero-order valence-electron chi connectivity index (χ0n) is 9.58. The summed E-state index contributed by atoms with van der Waals surface area (Å²) in [5, 5.41) is 0. The number of hydrogen-bond acceptors (Lipinski definition) is 4. The molecule has 1 aliphatic heterocycles. The third-order valence-corrected chi connectivity index (χ3v) is 15.8. The standard InChI is InChI=1S/C8H20N4Si4/c1-5-12-15(6-2)10-13-9-14-11-16(12,7-3)8-4/h5-11,15H,1-4,13-14H2. The summed E-state index contributed by atoms with van der Waals surface area (Å²) >= 11 is 0. The molecule has 0 aliphatic carbocycles. The van der Waals surface area contributed by atoms with Gasteiger partial charge in [0.25, 0.3) is 8.40 Å². The maximum absolute atomic E-state index is 3.97. The molecule has 1 unspecified atom stereocenters. The topological polar surface area (TPSA) is 39.3 Å². The number of hydrogen-bond donors (Lipinski definition) is 3. The summed E-state index contributed by atoms with van der Waals surface area (Å²) in [5.74, 6) is 0. The van der Waals surface area contributed by atoms with Crippen LogP contribution in [0.2, 0.25) is 0 Å². The zero-order chi connectivity index (χ0) is 12.0. The van der Waals surface area contributed by atoms with Crippen LogP contribution in [0.1, 0.15) is 0 Å². The van der Waals surface area contributed by atoms with Gasteiger partial charge in [-0.2, -0.15) is 0 Å². The van der Waals surface area contributed by atoms with Crippen LogP contribution in [0.4, 0.5) is 0 Å². The second-order valence-electron chi connectivity index (χ2n) is 3.49. The van der Waals surface area contributed by atoms with Crippen molar-refractivity contribution in [3.05, 3.63) is 49.6 Å². The highest BCUT2D eigenvalue weighted by atomic mass is 28.4. The molecular formula is C8H20N4Si4. The van der Waals surface area contributed by atoms with Crippen LogP contribution in [0.15, 0.2) is 49.6 Å². The first-order valence-corrected chi connectivity index (χ1v) is 11.9. The molecule has 1 fully saturated rings. The van der Waals surface area contributed by atoms with Gasteiger partial charge in [0.2, 0.25) is 9.12 Å². The Morgan fingerprint density at radius 2 is 1.81 bits per heavy atom. The smallest absolute Gasteiger partial charge is 0.269 e. The molecule has 3 N–H and O–H groups in total. The van der Waals surface area contributed by atoms with Gasteiger partial charge in [0, 0.05) is 0 Å². The van der Waals surface area contributed by atoms with Gasteiger partial charge in [0.05, 0.1) is 0 Å². The maximum Gasteiger partial charge on any atom is 0.269 e. The summed E-state index contributed by atoms with van der Waals surface area (Å²) in [7, 11) is -4.12. The third kappa shape index (κ3) is 2.60. The lowest BCUT2D eigenvalue weighted by Gasteiger charge is -2.43. The molecule has 0 bridgehead atoms. The quantitative estimate of drug-likeness (QED) is 0.525. The molecule has 8 heteroatoms. The number of nitrogens with zero attached hydrogens (tertiary/aromatic N) is 1. The zero-order valence-corrected chi connectivity index (χ0v) is 14.6. The molecule has 1 atom stereocenters. The molecule has 0 amide bonds. The Labute approximate surface area is 105 Å². The third-order valence-electron chi connectivity index (χ3n) is 2.70. The van der Waals surface area contributed by atoms with Crippen molar-refractivity contribution in [1.82, 2.24) is 18.2 Å². The predicted octanol–water partition coefficient (Wildman–Crippen LogP) is -1.95. The fraction of sp³-hybridized carbons (Fsp3) is 0. The Hall–Kier alpha value is -0.492. The molecule has 1 aliphatic rings. The van der Waals surface area contributed by atoms with E-state index >= 15 is 0 Å². The van der Waals surface area contributed by atoms with Crippen LogP contribution in [-0.4, -0.2) is 41.4 Å². The van der Waals surface area contributed by atoms with Crippen LogP contribution in [0.25, 0.3) is 0 Å². The van der Waals surface area contributed by atoms with Crippen molar-refractivity contribution in [2.45, 2.75) is 0 Å². The van der Waals surface area contributed by atoms with E-state index in [9.17, 15) is 0 Å². The summed E-state index contributed by atoms with van der Waals surface area (Å²) in [4.78, 5) is 0. The molecule has 4 nitrogen and oxygen atoms in total. The van der Waals surface area contributed by atoms with Gasteiger partial charge >= 0.3 is 0 Å².